The van der Waals surface area contributed by atoms with Gasteiger partial charge in [0.15, 0.2) is 5.41 Å². The largest absolute Gasteiger partial charge is 0.468 e. The Balaban J connectivity index is 1.94. The summed E-state index contributed by atoms with van der Waals surface area (Å²) < 4.78 is 9.81. The number of carbonyl (C=O) groups is 2. The van der Waals surface area contributed by atoms with Crippen molar-refractivity contribution in [3.8, 4) is 0 Å². The summed E-state index contributed by atoms with van der Waals surface area (Å²) in [5.41, 5.74) is 2.55. The van der Waals surface area contributed by atoms with Gasteiger partial charge in [0.2, 0.25) is 0 Å². The van der Waals surface area contributed by atoms with Crippen LogP contribution < -0.4 is 0 Å². The number of hydrogen-bond donors (Lipinski definition) is 0. The highest BCUT2D eigenvalue weighted by Gasteiger charge is 2.61. The fraction of sp³-hybridized carbons (Fsp3) is 0.444. The summed E-state index contributed by atoms with van der Waals surface area (Å²) in [7, 11) is 2.65. The van der Waals surface area contributed by atoms with Crippen molar-refractivity contribution in [1.29, 1.82) is 0 Å². The summed E-state index contributed by atoms with van der Waals surface area (Å²) in [5, 5.41) is 0. The average molecular weight is 300 g/mol. The van der Waals surface area contributed by atoms with Crippen molar-refractivity contribution in [3.05, 3.63) is 41.5 Å². The van der Waals surface area contributed by atoms with Crippen molar-refractivity contribution in [2.24, 2.45) is 17.3 Å². The predicted molar refractivity (Wildman–Crippen MR) is 81.7 cm³/mol. The maximum Gasteiger partial charge on any atom is 0.323 e. The molecule has 1 aromatic rings. The smallest absolute Gasteiger partial charge is 0.323 e. The summed E-state index contributed by atoms with van der Waals surface area (Å²) >= 11 is 0. The van der Waals surface area contributed by atoms with Crippen LogP contribution >= 0.6 is 0 Å². The van der Waals surface area contributed by atoms with E-state index in [2.05, 4.69) is 19.1 Å². The van der Waals surface area contributed by atoms with E-state index in [0.29, 0.717) is 12.8 Å². The molecule has 4 nitrogen and oxygen atoms in total. The molecule has 0 unspecified atom stereocenters. The Labute approximate surface area is 130 Å². The molecule has 1 aromatic carbocycles. The maximum atomic E-state index is 12.3. The summed E-state index contributed by atoms with van der Waals surface area (Å²) in [4.78, 5) is 24.5. The Morgan fingerprint density at radius 2 is 1.55 bits per heavy atom. The van der Waals surface area contributed by atoms with Gasteiger partial charge >= 0.3 is 11.9 Å². The minimum absolute atomic E-state index is 0.223. The molecule has 0 aromatic heterocycles. The molecule has 3 rings (SSSR count). The number of carbonyl (C=O) groups excluding carboxylic acids is 2. The highest BCUT2D eigenvalue weighted by Crippen LogP contribution is 2.61. The zero-order valence-electron chi connectivity index (χ0n) is 13.1. The minimum Gasteiger partial charge on any atom is -0.468 e. The molecule has 1 saturated carbocycles. The molecule has 22 heavy (non-hydrogen) atoms. The van der Waals surface area contributed by atoms with Crippen molar-refractivity contribution < 1.29 is 19.1 Å². The number of ether oxygens (including phenoxy) is 2. The second-order valence-corrected chi connectivity index (χ2v) is 6.15. The standard InChI is InChI=1S/C18H20O4/c1-11-13-9-18(16(19)21-2,17(20)22-3)10-14(13)15(11)12-7-5-4-6-8-12/h4-8,13-14H,9-10H2,1-3H3/t13-,14-/m1/s1. The number of fused-ring (bicyclic) bond motifs is 1. The molecule has 2 atom stereocenters. The highest BCUT2D eigenvalue weighted by molar-refractivity contribution is 6.01. The van der Waals surface area contributed by atoms with E-state index < -0.39 is 17.4 Å². The molecular weight excluding hydrogens is 280 g/mol. The van der Waals surface area contributed by atoms with Crippen molar-refractivity contribution in [2.45, 2.75) is 19.8 Å². The quantitative estimate of drug-likeness (QED) is 0.636. The van der Waals surface area contributed by atoms with Crippen molar-refractivity contribution in [2.75, 3.05) is 14.2 Å². The second-order valence-electron chi connectivity index (χ2n) is 6.15. The van der Waals surface area contributed by atoms with Gasteiger partial charge in [0.1, 0.15) is 0 Å². The van der Waals surface area contributed by atoms with Crippen LogP contribution in [0.5, 0.6) is 0 Å². The molecule has 2 aliphatic rings. The monoisotopic (exact) mass is 300 g/mol. The van der Waals surface area contributed by atoms with Crippen LogP contribution in [0.15, 0.2) is 35.9 Å². The van der Waals surface area contributed by atoms with Gasteiger partial charge in [-0.1, -0.05) is 35.9 Å². The van der Waals surface area contributed by atoms with Crippen LogP contribution in [0.3, 0.4) is 0 Å². The first kappa shape index (κ1) is 14.8. The summed E-state index contributed by atoms with van der Waals surface area (Å²) in [6.45, 7) is 2.09. The van der Waals surface area contributed by atoms with Crippen LogP contribution in [0, 0.1) is 17.3 Å². The lowest BCUT2D eigenvalue weighted by atomic mass is 9.68. The minimum atomic E-state index is -1.16. The fourth-order valence-electron chi connectivity index (χ4n) is 4.14. The Morgan fingerprint density at radius 1 is 1.00 bits per heavy atom. The molecular formula is C18H20O4. The van der Waals surface area contributed by atoms with Crippen molar-refractivity contribution in [1.82, 2.24) is 0 Å². The van der Waals surface area contributed by atoms with Gasteiger partial charge in [-0.15, -0.1) is 0 Å². The van der Waals surface area contributed by atoms with Gasteiger partial charge in [0.05, 0.1) is 14.2 Å². The van der Waals surface area contributed by atoms with E-state index in [1.54, 1.807) is 0 Å². The van der Waals surface area contributed by atoms with E-state index >= 15 is 0 Å². The molecule has 2 aliphatic carbocycles. The van der Waals surface area contributed by atoms with E-state index in [9.17, 15) is 9.59 Å². The number of hydrogen-bond acceptors (Lipinski definition) is 4. The molecule has 1 fully saturated rings. The lowest BCUT2D eigenvalue weighted by molar-refractivity contribution is -0.168. The van der Waals surface area contributed by atoms with E-state index in [4.69, 9.17) is 9.47 Å². The number of allylic oxidation sites excluding steroid dienone is 2. The molecule has 0 N–H and O–H groups in total. The Morgan fingerprint density at radius 3 is 2.09 bits per heavy atom. The number of methoxy groups -OCH3 is 2. The van der Waals surface area contributed by atoms with Crippen LogP contribution in [0.4, 0.5) is 0 Å². The second kappa shape index (κ2) is 5.27. The van der Waals surface area contributed by atoms with Gasteiger partial charge in [0, 0.05) is 0 Å². The van der Waals surface area contributed by atoms with Gasteiger partial charge in [0.25, 0.3) is 0 Å². The van der Waals surface area contributed by atoms with Crippen LogP contribution in [-0.4, -0.2) is 26.2 Å². The first-order valence-corrected chi connectivity index (χ1v) is 7.48. The molecule has 0 spiro atoms. The third kappa shape index (κ3) is 1.90. The lowest BCUT2D eigenvalue weighted by Gasteiger charge is -2.36. The Bertz CT molecular complexity index is 628. The molecule has 0 amide bonds. The van der Waals surface area contributed by atoms with Gasteiger partial charge in [-0.05, 0) is 42.7 Å². The molecule has 4 heteroatoms. The molecule has 116 valence electrons. The normalized spacial score (nSPS) is 25.2. The van der Waals surface area contributed by atoms with Gasteiger partial charge in [-0.25, -0.2) is 0 Å². The first-order chi connectivity index (χ1) is 10.5. The zero-order chi connectivity index (χ0) is 15.9. The van der Waals surface area contributed by atoms with Gasteiger partial charge in [-0.2, -0.15) is 0 Å². The Kier molecular flexibility index (Phi) is 3.55. The number of rotatable bonds is 3. The summed E-state index contributed by atoms with van der Waals surface area (Å²) in [6.07, 6.45) is 0.956. The topological polar surface area (TPSA) is 52.6 Å². The van der Waals surface area contributed by atoms with E-state index in [0.717, 1.165) is 0 Å². The summed E-state index contributed by atoms with van der Waals surface area (Å²) in [6, 6.07) is 10.1. The number of benzene rings is 1. The van der Waals surface area contributed by atoms with Crippen molar-refractivity contribution >= 4 is 17.5 Å². The molecule has 0 heterocycles. The third-order valence-corrected chi connectivity index (χ3v) is 5.21. The zero-order valence-corrected chi connectivity index (χ0v) is 13.1. The number of esters is 2. The Hall–Kier alpha value is -2.10. The molecule has 0 radical (unpaired) electrons. The van der Waals surface area contributed by atoms with E-state index in [-0.39, 0.29) is 11.8 Å². The van der Waals surface area contributed by atoms with E-state index in [1.165, 1.54) is 30.9 Å². The molecule has 0 saturated heterocycles. The van der Waals surface area contributed by atoms with Gasteiger partial charge in [-0.3, -0.25) is 9.59 Å². The van der Waals surface area contributed by atoms with Crippen molar-refractivity contribution in [3.63, 3.8) is 0 Å². The molecule has 0 bridgehead atoms. The summed E-state index contributed by atoms with van der Waals surface area (Å²) in [5.74, 6) is -0.475. The van der Waals surface area contributed by atoms with Crippen LogP contribution in [0.2, 0.25) is 0 Å². The van der Waals surface area contributed by atoms with Crippen LogP contribution in [-0.2, 0) is 19.1 Å². The lowest BCUT2D eigenvalue weighted by Crippen LogP contribution is -2.39. The highest BCUT2D eigenvalue weighted by atomic mass is 16.5. The average Bonchev–Trinajstić information content (AvgIpc) is 2.91. The van der Waals surface area contributed by atoms with Gasteiger partial charge < -0.3 is 9.47 Å². The predicted octanol–water partition coefficient (Wildman–Crippen LogP) is 2.83. The third-order valence-electron chi connectivity index (χ3n) is 5.21. The maximum absolute atomic E-state index is 12.3. The van der Waals surface area contributed by atoms with Crippen LogP contribution in [0.1, 0.15) is 25.3 Å². The SMILES string of the molecule is COC(=O)C1(C(=O)OC)C[C@@H]2C(C)=C(c3ccccc3)[C@@H]2C1. The van der Waals surface area contributed by atoms with Crippen LogP contribution in [0.25, 0.3) is 5.57 Å². The molecule has 0 aliphatic heterocycles. The first-order valence-electron chi connectivity index (χ1n) is 7.48. The fourth-order valence-corrected chi connectivity index (χ4v) is 4.14. The van der Waals surface area contributed by atoms with E-state index in [1.807, 2.05) is 18.2 Å².